The van der Waals surface area contributed by atoms with Crippen molar-refractivity contribution in [2.45, 2.75) is 0 Å². The summed E-state index contributed by atoms with van der Waals surface area (Å²) in [5.41, 5.74) is 3.38. The third-order valence-corrected chi connectivity index (χ3v) is 3.31. The minimum atomic E-state index is 0.634. The first-order chi connectivity index (χ1) is 8.70. The van der Waals surface area contributed by atoms with E-state index in [1.165, 1.54) is 0 Å². The van der Waals surface area contributed by atoms with Gasteiger partial charge < -0.3 is 9.55 Å². The molecule has 0 unspecified atom stereocenters. The molecule has 3 rings (SSSR count). The fourth-order valence-electron chi connectivity index (χ4n) is 2.19. The van der Waals surface area contributed by atoms with Crippen LogP contribution in [0.1, 0.15) is 5.56 Å². The van der Waals surface area contributed by atoms with Crippen molar-refractivity contribution in [1.29, 1.82) is 5.26 Å². The molecule has 0 bridgehead atoms. The number of aryl methyl sites for hydroxylation is 1. The summed E-state index contributed by atoms with van der Waals surface area (Å²) in [6, 6.07) is 11.7. The summed E-state index contributed by atoms with van der Waals surface area (Å²) in [5.74, 6) is 0. The van der Waals surface area contributed by atoms with Gasteiger partial charge in [-0.15, -0.1) is 0 Å². The largest absolute Gasteiger partial charge is 0.352 e. The minimum Gasteiger partial charge on any atom is -0.352 e. The Hall–Kier alpha value is -2.18. The fourth-order valence-corrected chi connectivity index (χ4v) is 2.37. The molecule has 0 fully saturated rings. The molecule has 0 amide bonds. The number of H-pyrrole nitrogens is 1. The number of halogens is 1. The van der Waals surface area contributed by atoms with Gasteiger partial charge in [0.2, 0.25) is 0 Å². The van der Waals surface area contributed by atoms with E-state index in [1.54, 1.807) is 0 Å². The van der Waals surface area contributed by atoms with Crippen LogP contribution in [-0.2, 0) is 7.05 Å². The highest BCUT2D eigenvalue weighted by molar-refractivity contribution is 6.31. The lowest BCUT2D eigenvalue weighted by atomic mass is 10.1. The van der Waals surface area contributed by atoms with Gasteiger partial charge in [0.25, 0.3) is 0 Å². The fraction of sp³-hybridized carbons (Fsp3) is 0.0714. The van der Waals surface area contributed by atoms with Crippen LogP contribution in [0.15, 0.2) is 36.5 Å². The number of nitrogens with one attached hydrogen (secondary N) is 1. The number of nitriles is 1. The predicted molar refractivity (Wildman–Crippen MR) is 72.4 cm³/mol. The Kier molecular flexibility index (Phi) is 2.39. The van der Waals surface area contributed by atoms with Gasteiger partial charge in [-0.3, -0.25) is 0 Å². The molecule has 0 saturated heterocycles. The Bertz CT molecular complexity index is 774. The number of aromatic nitrogens is 2. The van der Waals surface area contributed by atoms with Crippen LogP contribution >= 0.6 is 11.6 Å². The van der Waals surface area contributed by atoms with E-state index < -0.39 is 0 Å². The summed E-state index contributed by atoms with van der Waals surface area (Å²) in [4.78, 5) is 3.28. The van der Waals surface area contributed by atoms with Gasteiger partial charge in [0.15, 0.2) is 0 Å². The van der Waals surface area contributed by atoms with E-state index in [2.05, 4.69) is 11.1 Å². The molecule has 2 heterocycles. The van der Waals surface area contributed by atoms with Gasteiger partial charge in [-0.1, -0.05) is 11.6 Å². The Morgan fingerprint density at radius 3 is 2.83 bits per heavy atom. The zero-order valence-electron chi connectivity index (χ0n) is 9.74. The number of aromatic amines is 1. The van der Waals surface area contributed by atoms with Crippen molar-refractivity contribution in [3.05, 3.63) is 47.1 Å². The zero-order valence-corrected chi connectivity index (χ0v) is 10.5. The predicted octanol–water partition coefficient (Wildman–Crippen LogP) is 3.70. The summed E-state index contributed by atoms with van der Waals surface area (Å²) >= 11 is 5.98. The van der Waals surface area contributed by atoms with E-state index in [1.807, 2.05) is 48.1 Å². The third-order valence-electron chi connectivity index (χ3n) is 3.07. The van der Waals surface area contributed by atoms with E-state index in [4.69, 9.17) is 11.6 Å². The first-order valence-electron chi connectivity index (χ1n) is 5.53. The first kappa shape index (κ1) is 10.9. The number of hydrogen-bond acceptors (Lipinski definition) is 1. The van der Waals surface area contributed by atoms with Gasteiger partial charge in [-0.25, -0.2) is 0 Å². The Labute approximate surface area is 109 Å². The average molecular weight is 256 g/mol. The highest BCUT2D eigenvalue weighted by atomic mass is 35.5. The Morgan fingerprint density at radius 2 is 2.17 bits per heavy atom. The Balaban J connectivity index is 2.38. The van der Waals surface area contributed by atoms with Gasteiger partial charge in [-0.05, 0) is 30.3 Å². The van der Waals surface area contributed by atoms with Crippen molar-refractivity contribution in [3.8, 4) is 17.5 Å². The second-order valence-electron chi connectivity index (χ2n) is 4.18. The van der Waals surface area contributed by atoms with Gasteiger partial charge in [0.05, 0.1) is 17.0 Å². The lowest BCUT2D eigenvalue weighted by molar-refractivity contribution is 0.933. The number of hydrogen-bond donors (Lipinski definition) is 1. The Morgan fingerprint density at radius 1 is 1.33 bits per heavy atom. The molecule has 1 aromatic carbocycles. The molecule has 4 heteroatoms. The van der Waals surface area contributed by atoms with Gasteiger partial charge in [0.1, 0.15) is 6.07 Å². The molecule has 0 aliphatic heterocycles. The molecular formula is C14H10ClN3. The topological polar surface area (TPSA) is 44.5 Å². The van der Waals surface area contributed by atoms with Crippen molar-refractivity contribution < 1.29 is 0 Å². The van der Waals surface area contributed by atoms with Crippen LogP contribution in [0.4, 0.5) is 0 Å². The van der Waals surface area contributed by atoms with E-state index in [-0.39, 0.29) is 0 Å². The monoisotopic (exact) mass is 255 g/mol. The van der Waals surface area contributed by atoms with Crippen LogP contribution < -0.4 is 0 Å². The average Bonchev–Trinajstić information content (AvgIpc) is 2.91. The van der Waals surface area contributed by atoms with Crippen molar-refractivity contribution in [2.24, 2.45) is 7.05 Å². The van der Waals surface area contributed by atoms with Gasteiger partial charge in [-0.2, -0.15) is 5.26 Å². The molecule has 2 aromatic heterocycles. The van der Waals surface area contributed by atoms with Gasteiger partial charge >= 0.3 is 0 Å². The highest BCUT2D eigenvalue weighted by Gasteiger charge is 2.14. The SMILES string of the molecule is Cn1cccc1-c1[nH]c2ccc(Cl)cc2c1C#N. The van der Waals surface area contributed by atoms with E-state index in [0.717, 1.165) is 22.3 Å². The second-order valence-corrected chi connectivity index (χ2v) is 4.62. The maximum atomic E-state index is 9.36. The van der Waals surface area contributed by atoms with E-state index in [9.17, 15) is 5.26 Å². The highest BCUT2D eigenvalue weighted by Crippen LogP contribution is 2.31. The number of fused-ring (bicyclic) bond motifs is 1. The lowest BCUT2D eigenvalue weighted by Gasteiger charge is -2.00. The van der Waals surface area contributed by atoms with Gasteiger partial charge in [0, 0.05) is 29.2 Å². The molecule has 1 N–H and O–H groups in total. The number of nitrogens with zero attached hydrogens (tertiary/aromatic N) is 2. The lowest BCUT2D eigenvalue weighted by Crippen LogP contribution is -1.91. The van der Waals surface area contributed by atoms with E-state index >= 15 is 0 Å². The van der Waals surface area contributed by atoms with Crippen LogP contribution in [0.25, 0.3) is 22.3 Å². The number of benzene rings is 1. The molecule has 88 valence electrons. The quantitative estimate of drug-likeness (QED) is 0.708. The zero-order chi connectivity index (χ0) is 12.7. The van der Waals surface area contributed by atoms with Crippen molar-refractivity contribution >= 4 is 22.5 Å². The van der Waals surface area contributed by atoms with Crippen molar-refractivity contribution in [2.75, 3.05) is 0 Å². The molecule has 3 aromatic rings. The number of rotatable bonds is 1. The molecule has 0 aliphatic rings. The van der Waals surface area contributed by atoms with Crippen LogP contribution in [0.2, 0.25) is 5.02 Å². The van der Waals surface area contributed by atoms with Crippen LogP contribution in [0.3, 0.4) is 0 Å². The molecule has 3 nitrogen and oxygen atoms in total. The molecule has 0 aliphatic carbocycles. The summed E-state index contributed by atoms with van der Waals surface area (Å²) in [5, 5.41) is 10.9. The van der Waals surface area contributed by atoms with E-state index in [0.29, 0.717) is 10.6 Å². The standard InChI is InChI=1S/C14H10ClN3/c1-18-6-2-3-13(18)14-11(8-16)10-7-9(15)4-5-12(10)17-14/h2-7,17H,1H3. The summed E-state index contributed by atoms with van der Waals surface area (Å²) in [6.45, 7) is 0. The molecule has 0 radical (unpaired) electrons. The third kappa shape index (κ3) is 1.51. The van der Waals surface area contributed by atoms with Crippen LogP contribution in [-0.4, -0.2) is 9.55 Å². The molecule has 0 atom stereocenters. The second kappa shape index (κ2) is 3.94. The maximum Gasteiger partial charge on any atom is 0.102 e. The summed E-state index contributed by atoms with van der Waals surface area (Å²) < 4.78 is 1.98. The van der Waals surface area contributed by atoms with Crippen molar-refractivity contribution in [3.63, 3.8) is 0 Å². The normalized spacial score (nSPS) is 10.7. The summed E-state index contributed by atoms with van der Waals surface area (Å²) in [6.07, 6.45) is 1.95. The summed E-state index contributed by atoms with van der Waals surface area (Å²) in [7, 11) is 1.95. The maximum absolute atomic E-state index is 9.36. The molecule has 18 heavy (non-hydrogen) atoms. The molecule has 0 spiro atoms. The van der Waals surface area contributed by atoms with Crippen LogP contribution in [0, 0.1) is 11.3 Å². The smallest absolute Gasteiger partial charge is 0.102 e. The first-order valence-corrected chi connectivity index (χ1v) is 5.91. The van der Waals surface area contributed by atoms with Crippen molar-refractivity contribution in [1.82, 2.24) is 9.55 Å². The molecular weight excluding hydrogens is 246 g/mol. The van der Waals surface area contributed by atoms with Crippen LogP contribution in [0.5, 0.6) is 0 Å². The molecule has 0 saturated carbocycles. The minimum absolute atomic E-state index is 0.634.